The van der Waals surface area contributed by atoms with E-state index < -0.39 is 0 Å². The van der Waals surface area contributed by atoms with Crippen LogP contribution < -0.4 is 4.74 Å². The van der Waals surface area contributed by atoms with Crippen LogP contribution in [0.1, 0.15) is 27.2 Å². The van der Waals surface area contributed by atoms with Crippen molar-refractivity contribution in [2.75, 3.05) is 0 Å². The summed E-state index contributed by atoms with van der Waals surface area (Å²) in [5.41, 5.74) is -0.0650. The van der Waals surface area contributed by atoms with E-state index in [-0.39, 0.29) is 5.60 Å². The number of halogens is 1. The summed E-state index contributed by atoms with van der Waals surface area (Å²) in [5, 5.41) is 0. The van der Waals surface area contributed by atoms with E-state index >= 15 is 0 Å². The Hall–Kier alpha value is -0.250. The first-order chi connectivity index (χ1) is 6.03. The second kappa shape index (κ2) is 4.31. The first kappa shape index (κ1) is 10.8. The summed E-state index contributed by atoms with van der Waals surface area (Å²) in [6.45, 7) is 6.34. The van der Waals surface area contributed by atoms with Crippen molar-refractivity contribution in [1.29, 1.82) is 0 Å². The fraction of sp³-hybridized carbons (Fsp3) is 0.455. The summed E-state index contributed by atoms with van der Waals surface area (Å²) >= 11 is 2.29. The predicted molar refractivity (Wildman–Crippen MR) is 64.2 cm³/mol. The maximum absolute atomic E-state index is 5.83. The van der Waals surface area contributed by atoms with E-state index in [2.05, 4.69) is 55.5 Å². The van der Waals surface area contributed by atoms with Crippen molar-refractivity contribution in [3.8, 4) is 5.75 Å². The van der Waals surface area contributed by atoms with Crippen molar-refractivity contribution in [2.24, 2.45) is 0 Å². The third-order valence-corrected chi connectivity index (χ3v) is 2.71. The molecule has 0 aromatic heterocycles. The Labute approximate surface area is 93.6 Å². The molecule has 13 heavy (non-hydrogen) atoms. The van der Waals surface area contributed by atoms with Gasteiger partial charge in [0.2, 0.25) is 0 Å². The lowest BCUT2D eigenvalue weighted by Crippen LogP contribution is -2.26. The minimum atomic E-state index is -0.0650. The number of rotatable bonds is 3. The normalized spacial score (nSPS) is 11.4. The van der Waals surface area contributed by atoms with Crippen LogP contribution in [0.4, 0.5) is 0 Å². The van der Waals surface area contributed by atoms with E-state index in [1.807, 2.05) is 12.1 Å². The SMILES string of the molecule is CCC(C)(C)Oc1cccc(I)c1. The summed E-state index contributed by atoms with van der Waals surface area (Å²) in [6, 6.07) is 8.13. The van der Waals surface area contributed by atoms with Crippen LogP contribution in [0.5, 0.6) is 5.75 Å². The molecule has 1 aromatic carbocycles. The largest absolute Gasteiger partial charge is 0.488 e. The molecule has 0 fully saturated rings. The van der Waals surface area contributed by atoms with Gasteiger partial charge in [0.15, 0.2) is 0 Å². The molecule has 0 aliphatic rings. The van der Waals surface area contributed by atoms with Crippen LogP contribution in [0.2, 0.25) is 0 Å². The van der Waals surface area contributed by atoms with E-state index in [9.17, 15) is 0 Å². The molecule has 0 atom stereocenters. The summed E-state index contributed by atoms with van der Waals surface area (Å²) in [4.78, 5) is 0. The van der Waals surface area contributed by atoms with Gasteiger partial charge in [-0.05, 0) is 61.1 Å². The van der Waals surface area contributed by atoms with Crippen molar-refractivity contribution in [1.82, 2.24) is 0 Å². The van der Waals surface area contributed by atoms with Gasteiger partial charge in [0.1, 0.15) is 11.4 Å². The second-order valence-electron chi connectivity index (χ2n) is 3.67. The van der Waals surface area contributed by atoms with Gasteiger partial charge in [-0.25, -0.2) is 0 Å². The zero-order valence-corrected chi connectivity index (χ0v) is 10.5. The molecule has 72 valence electrons. The highest BCUT2D eigenvalue weighted by Crippen LogP contribution is 2.22. The standard InChI is InChI=1S/C11H15IO/c1-4-11(2,3)13-10-7-5-6-9(12)8-10/h5-8H,4H2,1-3H3. The summed E-state index contributed by atoms with van der Waals surface area (Å²) in [6.07, 6.45) is 1.01. The van der Waals surface area contributed by atoms with Crippen LogP contribution in [0, 0.1) is 3.57 Å². The first-order valence-electron chi connectivity index (χ1n) is 4.48. The Bertz CT molecular complexity index is 281. The lowest BCUT2D eigenvalue weighted by Gasteiger charge is -2.24. The van der Waals surface area contributed by atoms with Crippen LogP contribution in [0.15, 0.2) is 24.3 Å². The molecule has 0 aliphatic heterocycles. The smallest absolute Gasteiger partial charge is 0.121 e. The third kappa shape index (κ3) is 3.55. The molecule has 0 bridgehead atoms. The number of ether oxygens (including phenoxy) is 1. The molecular weight excluding hydrogens is 275 g/mol. The maximum atomic E-state index is 5.83. The lowest BCUT2D eigenvalue weighted by molar-refractivity contribution is 0.105. The lowest BCUT2D eigenvalue weighted by atomic mass is 10.1. The minimum Gasteiger partial charge on any atom is -0.488 e. The van der Waals surface area contributed by atoms with Gasteiger partial charge < -0.3 is 4.74 Å². The first-order valence-corrected chi connectivity index (χ1v) is 5.56. The van der Waals surface area contributed by atoms with Crippen molar-refractivity contribution in [3.05, 3.63) is 27.8 Å². The fourth-order valence-electron chi connectivity index (χ4n) is 0.922. The summed E-state index contributed by atoms with van der Waals surface area (Å²) < 4.78 is 7.04. The molecule has 0 amide bonds. The monoisotopic (exact) mass is 290 g/mol. The fourth-order valence-corrected chi connectivity index (χ4v) is 1.44. The number of hydrogen-bond donors (Lipinski definition) is 0. The van der Waals surface area contributed by atoms with Crippen LogP contribution in [-0.2, 0) is 0 Å². The van der Waals surface area contributed by atoms with Crippen LogP contribution in [0.3, 0.4) is 0 Å². The van der Waals surface area contributed by atoms with Crippen LogP contribution in [0.25, 0.3) is 0 Å². The van der Waals surface area contributed by atoms with Crippen molar-refractivity contribution < 1.29 is 4.74 Å². The van der Waals surface area contributed by atoms with Gasteiger partial charge in [-0.2, -0.15) is 0 Å². The van der Waals surface area contributed by atoms with E-state index in [1.54, 1.807) is 0 Å². The average molecular weight is 290 g/mol. The molecule has 1 aromatic rings. The Morgan fingerprint density at radius 1 is 1.38 bits per heavy atom. The second-order valence-corrected chi connectivity index (χ2v) is 4.92. The average Bonchev–Trinajstić information content (AvgIpc) is 2.03. The minimum absolute atomic E-state index is 0.0650. The number of hydrogen-bond acceptors (Lipinski definition) is 1. The van der Waals surface area contributed by atoms with E-state index in [1.165, 1.54) is 3.57 Å². The predicted octanol–water partition coefficient (Wildman–Crippen LogP) is 3.86. The Morgan fingerprint density at radius 3 is 2.62 bits per heavy atom. The van der Waals surface area contributed by atoms with Gasteiger partial charge in [0, 0.05) is 3.57 Å². The molecule has 0 aliphatic carbocycles. The quantitative estimate of drug-likeness (QED) is 0.768. The highest BCUT2D eigenvalue weighted by Gasteiger charge is 2.16. The molecule has 0 unspecified atom stereocenters. The topological polar surface area (TPSA) is 9.23 Å². The molecule has 1 rings (SSSR count). The van der Waals surface area contributed by atoms with Crippen LogP contribution >= 0.6 is 22.6 Å². The van der Waals surface area contributed by atoms with Gasteiger partial charge in [-0.1, -0.05) is 13.0 Å². The van der Waals surface area contributed by atoms with Gasteiger partial charge >= 0.3 is 0 Å². The van der Waals surface area contributed by atoms with Gasteiger partial charge in [-0.15, -0.1) is 0 Å². The van der Waals surface area contributed by atoms with Crippen molar-refractivity contribution in [2.45, 2.75) is 32.8 Å². The zero-order chi connectivity index (χ0) is 9.90. The molecule has 0 spiro atoms. The Morgan fingerprint density at radius 2 is 2.08 bits per heavy atom. The highest BCUT2D eigenvalue weighted by atomic mass is 127. The van der Waals surface area contributed by atoms with Gasteiger partial charge in [-0.3, -0.25) is 0 Å². The Balaban J connectivity index is 2.74. The van der Waals surface area contributed by atoms with Crippen molar-refractivity contribution in [3.63, 3.8) is 0 Å². The van der Waals surface area contributed by atoms with Gasteiger partial charge in [0.25, 0.3) is 0 Å². The molecule has 0 saturated heterocycles. The maximum Gasteiger partial charge on any atom is 0.121 e. The molecule has 1 nitrogen and oxygen atoms in total. The molecule has 2 heteroatoms. The van der Waals surface area contributed by atoms with Crippen molar-refractivity contribution >= 4 is 22.6 Å². The molecule has 0 heterocycles. The van der Waals surface area contributed by atoms with E-state index in [0.29, 0.717) is 0 Å². The summed E-state index contributed by atoms with van der Waals surface area (Å²) in [7, 11) is 0. The molecule has 0 saturated carbocycles. The van der Waals surface area contributed by atoms with E-state index in [4.69, 9.17) is 4.74 Å². The van der Waals surface area contributed by atoms with Gasteiger partial charge in [0.05, 0.1) is 0 Å². The molecular formula is C11H15IO. The molecule has 0 radical (unpaired) electrons. The Kier molecular flexibility index (Phi) is 3.59. The third-order valence-electron chi connectivity index (χ3n) is 2.04. The van der Waals surface area contributed by atoms with E-state index in [0.717, 1.165) is 12.2 Å². The summed E-state index contributed by atoms with van der Waals surface area (Å²) in [5.74, 6) is 0.957. The van der Waals surface area contributed by atoms with Crippen LogP contribution in [-0.4, -0.2) is 5.60 Å². The number of benzene rings is 1. The highest BCUT2D eigenvalue weighted by molar-refractivity contribution is 14.1. The molecule has 0 N–H and O–H groups in total. The zero-order valence-electron chi connectivity index (χ0n) is 8.30.